The van der Waals surface area contributed by atoms with Crippen molar-refractivity contribution in [2.45, 2.75) is 0 Å². The smallest absolute Gasteiger partial charge is 0.0870 e. The molecular formula is C2CuO4-2. The third kappa shape index (κ3) is 5.46. The van der Waals surface area contributed by atoms with E-state index in [2.05, 4.69) is 0 Å². The predicted molar refractivity (Wildman–Crippen MR) is 10.0 cm³/mol. The molecule has 0 heterocycles. The molecule has 0 unspecified atom stereocenters. The van der Waals surface area contributed by atoms with Gasteiger partial charge in [-0.05, 0) is 0 Å². The van der Waals surface area contributed by atoms with Gasteiger partial charge in [0.15, 0.2) is 0 Å². The number of hydrogen-bond acceptors (Lipinski definition) is 4. The van der Waals surface area contributed by atoms with Gasteiger partial charge in [0.2, 0.25) is 0 Å². The molecule has 0 aliphatic heterocycles. The minimum absolute atomic E-state index is 0. The van der Waals surface area contributed by atoms with E-state index in [4.69, 9.17) is 19.8 Å². The second-order valence-electron chi connectivity index (χ2n) is 0.575. The maximum Gasteiger partial charge on any atom is 0.0870 e. The SMILES string of the molecule is O=C([O-])C(=O)[O-].[Cu]. The molecule has 0 bridgehead atoms. The van der Waals surface area contributed by atoms with Gasteiger partial charge in [0.05, 0.1) is 11.9 Å². The maximum absolute atomic E-state index is 8.93. The van der Waals surface area contributed by atoms with E-state index < -0.39 is 11.9 Å². The van der Waals surface area contributed by atoms with Gasteiger partial charge in [-0.1, -0.05) is 0 Å². The van der Waals surface area contributed by atoms with Crippen molar-refractivity contribution < 1.29 is 36.9 Å². The third-order valence-corrected chi connectivity index (χ3v) is 0.167. The van der Waals surface area contributed by atoms with Crippen LogP contribution in [0.1, 0.15) is 0 Å². The van der Waals surface area contributed by atoms with Gasteiger partial charge in [-0.2, -0.15) is 0 Å². The Labute approximate surface area is 49.6 Å². The molecule has 0 aliphatic carbocycles. The maximum atomic E-state index is 8.93. The molecule has 0 saturated heterocycles. The average molecular weight is 152 g/mol. The summed E-state index contributed by atoms with van der Waals surface area (Å²) in [5.74, 6) is -4.37. The normalized spacial score (nSPS) is 6.29. The summed E-state index contributed by atoms with van der Waals surface area (Å²) in [6.07, 6.45) is 0. The van der Waals surface area contributed by atoms with Gasteiger partial charge in [0.25, 0.3) is 0 Å². The average Bonchev–Trinajstić information content (AvgIpc) is 1.36. The Morgan fingerprint density at radius 1 is 1.00 bits per heavy atom. The van der Waals surface area contributed by atoms with E-state index in [0.29, 0.717) is 0 Å². The van der Waals surface area contributed by atoms with E-state index in [0.717, 1.165) is 0 Å². The monoisotopic (exact) mass is 151 g/mol. The Morgan fingerprint density at radius 2 is 1.14 bits per heavy atom. The van der Waals surface area contributed by atoms with Gasteiger partial charge >= 0.3 is 0 Å². The Hall–Kier alpha value is -0.541. The molecule has 0 fully saturated rings. The summed E-state index contributed by atoms with van der Waals surface area (Å²) in [4.78, 5) is 17.9. The van der Waals surface area contributed by atoms with Gasteiger partial charge in [-0.25, -0.2) is 0 Å². The zero-order valence-corrected chi connectivity index (χ0v) is 3.88. The van der Waals surface area contributed by atoms with Crippen LogP contribution in [0.2, 0.25) is 0 Å². The van der Waals surface area contributed by atoms with Gasteiger partial charge in [-0.3, -0.25) is 0 Å². The third-order valence-electron chi connectivity index (χ3n) is 0.167. The summed E-state index contributed by atoms with van der Waals surface area (Å²) < 4.78 is 0. The largest absolute Gasteiger partial charge is 0.543 e. The quantitative estimate of drug-likeness (QED) is 0.266. The molecule has 0 rings (SSSR count). The Morgan fingerprint density at radius 3 is 1.14 bits per heavy atom. The van der Waals surface area contributed by atoms with Crippen molar-refractivity contribution in [3.63, 3.8) is 0 Å². The molecule has 0 aromatic rings. The van der Waals surface area contributed by atoms with Crippen LogP contribution in [0, 0.1) is 0 Å². The minimum Gasteiger partial charge on any atom is -0.543 e. The topological polar surface area (TPSA) is 80.3 Å². The first kappa shape index (κ1) is 9.68. The van der Waals surface area contributed by atoms with Crippen LogP contribution in [0.25, 0.3) is 0 Å². The molecule has 7 heavy (non-hydrogen) atoms. The van der Waals surface area contributed by atoms with Gasteiger partial charge < -0.3 is 19.8 Å². The molecule has 0 amide bonds. The summed E-state index contributed by atoms with van der Waals surface area (Å²) in [5, 5.41) is 17.9. The van der Waals surface area contributed by atoms with Crippen LogP contribution >= 0.6 is 0 Å². The zero-order chi connectivity index (χ0) is 5.15. The van der Waals surface area contributed by atoms with Crippen molar-refractivity contribution in [2.75, 3.05) is 0 Å². The number of aliphatic carboxylic acids is 2. The first-order chi connectivity index (χ1) is 2.64. The number of carbonyl (C=O) groups excluding carboxylic acids is 2. The van der Waals surface area contributed by atoms with E-state index >= 15 is 0 Å². The van der Waals surface area contributed by atoms with E-state index in [1.807, 2.05) is 0 Å². The predicted octanol–water partition coefficient (Wildman–Crippen LogP) is -3.52. The molecular weight excluding hydrogens is 152 g/mol. The van der Waals surface area contributed by atoms with Crippen molar-refractivity contribution in [1.82, 2.24) is 0 Å². The van der Waals surface area contributed by atoms with Crippen molar-refractivity contribution in [2.24, 2.45) is 0 Å². The summed E-state index contributed by atoms with van der Waals surface area (Å²) in [7, 11) is 0. The van der Waals surface area contributed by atoms with Gasteiger partial charge in [0, 0.05) is 17.1 Å². The Bertz CT molecular complexity index is 75.7. The van der Waals surface area contributed by atoms with Crippen LogP contribution in [0.3, 0.4) is 0 Å². The zero-order valence-electron chi connectivity index (χ0n) is 2.93. The van der Waals surface area contributed by atoms with E-state index in [9.17, 15) is 0 Å². The van der Waals surface area contributed by atoms with Crippen LogP contribution in [0.15, 0.2) is 0 Å². The summed E-state index contributed by atoms with van der Waals surface area (Å²) in [6, 6.07) is 0. The number of rotatable bonds is 0. The summed E-state index contributed by atoms with van der Waals surface area (Å²) in [6.45, 7) is 0. The second kappa shape index (κ2) is 3.64. The minimum atomic E-state index is -2.19. The molecule has 0 saturated carbocycles. The van der Waals surface area contributed by atoms with Crippen molar-refractivity contribution >= 4 is 11.9 Å². The first-order valence-corrected chi connectivity index (χ1v) is 1.07. The molecule has 0 spiro atoms. The number of carbonyl (C=O) groups is 2. The van der Waals surface area contributed by atoms with Crippen molar-refractivity contribution in [3.05, 3.63) is 0 Å². The first-order valence-electron chi connectivity index (χ1n) is 1.07. The van der Waals surface area contributed by atoms with Crippen LogP contribution < -0.4 is 10.2 Å². The van der Waals surface area contributed by atoms with Crippen molar-refractivity contribution in [3.8, 4) is 0 Å². The molecule has 0 aromatic heterocycles. The van der Waals surface area contributed by atoms with Crippen LogP contribution in [-0.4, -0.2) is 11.9 Å². The fraction of sp³-hybridized carbons (Fsp3) is 0. The van der Waals surface area contributed by atoms with E-state index in [1.54, 1.807) is 0 Å². The number of hydrogen-bond donors (Lipinski definition) is 0. The van der Waals surface area contributed by atoms with Crippen LogP contribution in [0.5, 0.6) is 0 Å². The van der Waals surface area contributed by atoms with E-state index in [-0.39, 0.29) is 17.1 Å². The van der Waals surface area contributed by atoms with Crippen LogP contribution in [-0.2, 0) is 26.7 Å². The van der Waals surface area contributed by atoms with Crippen molar-refractivity contribution in [1.29, 1.82) is 0 Å². The van der Waals surface area contributed by atoms with Crippen LogP contribution in [0.4, 0.5) is 0 Å². The summed E-state index contributed by atoms with van der Waals surface area (Å²) >= 11 is 0. The molecule has 45 valence electrons. The van der Waals surface area contributed by atoms with E-state index in [1.165, 1.54) is 0 Å². The number of carboxylic acids is 2. The molecule has 0 N–H and O–H groups in total. The number of carboxylic acid groups (broad SMARTS) is 2. The molecule has 0 atom stereocenters. The molecule has 0 aromatic carbocycles. The molecule has 1 radical (unpaired) electrons. The molecule has 4 nitrogen and oxygen atoms in total. The molecule has 5 heteroatoms. The fourth-order valence-corrected chi connectivity index (χ4v) is 0. The van der Waals surface area contributed by atoms with Gasteiger partial charge in [-0.15, -0.1) is 0 Å². The Kier molecular flexibility index (Phi) is 5.04. The second-order valence-corrected chi connectivity index (χ2v) is 0.575. The fourth-order valence-electron chi connectivity index (χ4n) is 0. The Balaban J connectivity index is 0. The van der Waals surface area contributed by atoms with Gasteiger partial charge in [0.1, 0.15) is 0 Å². The summed E-state index contributed by atoms with van der Waals surface area (Å²) in [5.41, 5.74) is 0. The standard InChI is InChI=1S/C2H2O4.Cu/c3-1(4)2(5)6;/h(H,3,4)(H,5,6);/p-2. The molecule has 0 aliphatic rings.